The van der Waals surface area contributed by atoms with Gasteiger partial charge in [-0.1, -0.05) is 0 Å². The molecule has 0 saturated carbocycles. The molecule has 0 fully saturated rings. The first-order valence-electron chi connectivity index (χ1n) is 5.82. The van der Waals surface area contributed by atoms with Crippen LogP contribution in [0.3, 0.4) is 0 Å². The third-order valence-corrected chi connectivity index (χ3v) is 2.84. The Labute approximate surface area is 110 Å². The molecule has 0 aliphatic rings. The Morgan fingerprint density at radius 2 is 2.21 bits per heavy atom. The summed E-state index contributed by atoms with van der Waals surface area (Å²) in [5.41, 5.74) is 0.941. The van der Waals surface area contributed by atoms with Gasteiger partial charge in [-0.15, -0.1) is 0 Å². The van der Waals surface area contributed by atoms with Crippen LogP contribution in [-0.2, 0) is 7.05 Å². The van der Waals surface area contributed by atoms with Crippen molar-refractivity contribution in [3.63, 3.8) is 0 Å². The number of aromatic amines is 1. The van der Waals surface area contributed by atoms with Crippen LogP contribution in [0.5, 0.6) is 0 Å². The van der Waals surface area contributed by atoms with E-state index in [1.807, 2.05) is 0 Å². The van der Waals surface area contributed by atoms with Crippen LogP contribution in [0, 0.1) is 0 Å². The summed E-state index contributed by atoms with van der Waals surface area (Å²) < 4.78 is 1.62. The van der Waals surface area contributed by atoms with Gasteiger partial charge in [0.2, 0.25) is 0 Å². The summed E-state index contributed by atoms with van der Waals surface area (Å²) in [5.74, 6) is 0.242. The molecule has 7 nitrogen and oxygen atoms in total. The standard InChI is InChI=1S/C12H15N5O2/c1-7(11-13-6-14-16-11)15-12(19)10-4-9(8(2)18)5-17(10)3/h4-7H,1-3H3,(H,15,19)(H,13,14,16). The molecule has 1 amide bonds. The van der Waals surface area contributed by atoms with Crippen molar-refractivity contribution < 1.29 is 9.59 Å². The molecule has 2 heterocycles. The molecule has 0 saturated heterocycles. The number of nitrogens with one attached hydrogen (secondary N) is 2. The quantitative estimate of drug-likeness (QED) is 0.797. The molecular weight excluding hydrogens is 246 g/mol. The largest absolute Gasteiger partial charge is 0.346 e. The summed E-state index contributed by atoms with van der Waals surface area (Å²) in [6.07, 6.45) is 3.02. The number of carbonyl (C=O) groups excluding carboxylic acids is 2. The van der Waals surface area contributed by atoms with Gasteiger partial charge in [-0.3, -0.25) is 14.7 Å². The lowest BCUT2D eigenvalue weighted by atomic mass is 10.2. The van der Waals surface area contributed by atoms with Crippen LogP contribution in [0.1, 0.15) is 46.6 Å². The minimum atomic E-state index is -0.286. The molecular formula is C12H15N5O2. The average Bonchev–Trinajstić information content (AvgIpc) is 2.97. The molecule has 2 aromatic rings. The van der Waals surface area contributed by atoms with E-state index in [0.29, 0.717) is 17.1 Å². The Morgan fingerprint density at radius 1 is 1.47 bits per heavy atom. The van der Waals surface area contributed by atoms with Crippen LogP contribution >= 0.6 is 0 Å². The Morgan fingerprint density at radius 3 is 2.74 bits per heavy atom. The van der Waals surface area contributed by atoms with Gasteiger partial charge in [0.1, 0.15) is 17.8 Å². The number of rotatable bonds is 4. The fraction of sp³-hybridized carbons (Fsp3) is 0.333. The summed E-state index contributed by atoms with van der Waals surface area (Å²) in [4.78, 5) is 27.4. The molecule has 0 aliphatic carbocycles. The van der Waals surface area contributed by atoms with E-state index in [1.54, 1.807) is 30.8 Å². The van der Waals surface area contributed by atoms with Crippen molar-refractivity contribution in [3.05, 3.63) is 35.7 Å². The average molecular weight is 261 g/mol. The lowest BCUT2D eigenvalue weighted by Crippen LogP contribution is -2.28. The predicted molar refractivity (Wildman–Crippen MR) is 67.7 cm³/mol. The van der Waals surface area contributed by atoms with E-state index in [9.17, 15) is 9.59 Å². The zero-order valence-corrected chi connectivity index (χ0v) is 11.0. The predicted octanol–water partition coefficient (Wildman–Crippen LogP) is 0.837. The van der Waals surface area contributed by atoms with Gasteiger partial charge in [-0.25, -0.2) is 4.98 Å². The van der Waals surface area contributed by atoms with Crippen molar-refractivity contribution in [1.29, 1.82) is 0 Å². The van der Waals surface area contributed by atoms with Crippen LogP contribution in [0.2, 0.25) is 0 Å². The molecule has 19 heavy (non-hydrogen) atoms. The Bertz CT molecular complexity index is 600. The number of hydrogen-bond acceptors (Lipinski definition) is 4. The molecule has 0 radical (unpaired) electrons. The molecule has 1 atom stereocenters. The van der Waals surface area contributed by atoms with Crippen molar-refractivity contribution in [1.82, 2.24) is 25.1 Å². The molecule has 0 bridgehead atoms. The summed E-state index contributed by atoms with van der Waals surface area (Å²) in [6.45, 7) is 3.27. The highest BCUT2D eigenvalue weighted by Crippen LogP contribution is 2.11. The van der Waals surface area contributed by atoms with Gasteiger partial charge in [-0.05, 0) is 19.9 Å². The van der Waals surface area contributed by atoms with E-state index in [2.05, 4.69) is 20.5 Å². The van der Waals surface area contributed by atoms with Gasteiger partial charge in [0, 0.05) is 18.8 Å². The Hall–Kier alpha value is -2.44. The number of amides is 1. The topological polar surface area (TPSA) is 92.7 Å². The number of nitrogens with zero attached hydrogens (tertiary/aromatic N) is 3. The van der Waals surface area contributed by atoms with Crippen LogP contribution in [-0.4, -0.2) is 31.4 Å². The first-order chi connectivity index (χ1) is 8.99. The van der Waals surface area contributed by atoms with E-state index in [1.165, 1.54) is 13.3 Å². The molecule has 1 unspecified atom stereocenters. The number of H-pyrrole nitrogens is 1. The van der Waals surface area contributed by atoms with E-state index >= 15 is 0 Å². The van der Waals surface area contributed by atoms with Gasteiger partial charge in [0.05, 0.1) is 6.04 Å². The molecule has 100 valence electrons. The number of ketones is 1. The molecule has 2 rings (SSSR count). The SMILES string of the molecule is CC(=O)c1cc(C(=O)NC(C)c2ncn[nH]2)n(C)c1. The third-order valence-electron chi connectivity index (χ3n) is 2.84. The van der Waals surface area contributed by atoms with Gasteiger partial charge in [-0.2, -0.15) is 5.10 Å². The van der Waals surface area contributed by atoms with E-state index < -0.39 is 0 Å². The van der Waals surface area contributed by atoms with Crippen LogP contribution in [0.15, 0.2) is 18.6 Å². The molecule has 0 spiro atoms. The highest BCUT2D eigenvalue weighted by Gasteiger charge is 2.17. The van der Waals surface area contributed by atoms with E-state index in [4.69, 9.17) is 0 Å². The number of aryl methyl sites for hydroxylation is 1. The molecule has 0 aliphatic heterocycles. The zero-order chi connectivity index (χ0) is 14.0. The maximum Gasteiger partial charge on any atom is 0.268 e. The minimum absolute atomic E-state index is 0.0714. The molecule has 2 aromatic heterocycles. The Balaban J connectivity index is 2.14. The molecule has 7 heteroatoms. The number of Topliss-reactive ketones (excluding diaryl/α,β-unsaturated/α-hetero) is 1. The van der Waals surface area contributed by atoms with Gasteiger partial charge < -0.3 is 9.88 Å². The summed E-state index contributed by atoms with van der Waals surface area (Å²) in [7, 11) is 1.72. The van der Waals surface area contributed by atoms with Crippen LogP contribution in [0.25, 0.3) is 0 Å². The highest BCUT2D eigenvalue weighted by atomic mass is 16.2. The highest BCUT2D eigenvalue weighted by molar-refractivity contribution is 5.99. The van der Waals surface area contributed by atoms with E-state index in [-0.39, 0.29) is 17.7 Å². The summed E-state index contributed by atoms with van der Waals surface area (Å²) >= 11 is 0. The van der Waals surface area contributed by atoms with Gasteiger partial charge >= 0.3 is 0 Å². The summed E-state index contributed by atoms with van der Waals surface area (Å²) in [6, 6.07) is 1.29. The van der Waals surface area contributed by atoms with Gasteiger partial charge in [0.25, 0.3) is 5.91 Å². The number of carbonyl (C=O) groups is 2. The van der Waals surface area contributed by atoms with E-state index in [0.717, 1.165) is 0 Å². The third kappa shape index (κ3) is 2.70. The normalized spacial score (nSPS) is 12.2. The van der Waals surface area contributed by atoms with Crippen molar-refractivity contribution in [3.8, 4) is 0 Å². The van der Waals surface area contributed by atoms with Crippen molar-refractivity contribution in [2.45, 2.75) is 19.9 Å². The van der Waals surface area contributed by atoms with Crippen LogP contribution in [0.4, 0.5) is 0 Å². The maximum absolute atomic E-state index is 12.1. The van der Waals surface area contributed by atoms with Crippen LogP contribution < -0.4 is 5.32 Å². The minimum Gasteiger partial charge on any atom is -0.346 e. The lowest BCUT2D eigenvalue weighted by molar-refractivity contribution is 0.0930. The fourth-order valence-corrected chi connectivity index (χ4v) is 1.75. The second kappa shape index (κ2) is 5.05. The first-order valence-corrected chi connectivity index (χ1v) is 5.82. The first kappa shape index (κ1) is 13.0. The van der Waals surface area contributed by atoms with Crippen molar-refractivity contribution >= 4 is 11.7 Å². The monoisotopic (exact) mass is 261 g/mol. The smallest absolute Gasteiger partial charge is 0.268 e. The Kier molecular flexibility index (Phi) is 3.46. The lowest BCUT2D eigenvalue weighted by Gasteiger charge is -2.11. The fourth-order valence-electron chi connectivity index (χ4n) is 1.75. The zero-order valence-electron chi connectivity index (χ0n) is 11.0. The van der Waals surface area contributed by atoms with Crippen molar-refractivity contribution in [2.75, 3.05) is 0 Å². The van der Waals surface area contributed by atoms with Crippen molar-refractivity contribution in [2.24, 2.45) is 7.05 Å². The number of hydrogen-bond donors (Lipinski definition) is 2. The second-order valence-electron chi connectivity index (χ2n) is 4.35. The summed E-state index contributed by atoms with van der Waals surface area (Å²) in [5, 5.41) is 9.21. The second-order valence-corrected chi connectivity index (χ2v) is 4.35. The van der Waals surface area contributed by atoms with Gasteiger partial charge in [0.15, 0.2) is 5.78 Å². The number of aromatic nitrogens is 4. The maximum atomic E-state index is 12.1. The molecule has 0 aromatic carbocycles. The molecule has 2 N–H and O–H groups in total.